The summed E-state index contributed by atoms with van der Waals surface area (Å²) in [6.45, 7) is 0.905. The van der Waals surface area contributed by atoms with Crippen LogP contribution in [-0.4, -0.2) is 6.54 Å². The van der Waals surface area contributed by atoms with E-state index in [0.29, 0.717) is 0 Å². The third kappa shape index (κ3) is 2.50. The van der Waals surface area contributed by atoms with Gasteiger partial charge < -0.3 is 5.73 Å². The average Bonchev–Trinajstić information content (AvgIpc) is 2.71. The Balaban J connectivity index is 1.80. The molecule has 2 aliphatic rings. The Morgan fingerprint density at radius 1 is 0.857 bits per heavy atom. The molecule has 0 radical (unpaired) electrons. The molecule has 2 N–H and O–H groups in total. The molecule has 0 amide bonds. The number of hydrogen-bond donors (Lipinski definition) is 1. The fourth-order valence-corrected chi connectivity index (χ4v) is 3.69. The highest BCUT2D eigenvalue weighted by Crippen LogP contribution is 2.41. The summed E-state index contributed by atoms with van der Waals surface area (Å²) >= 11 is 0. The normalized spacial score (nSPS) is 34.9. The van der Waals surface area contributed by atoms with Crippen molar-refractivity contribution in [2.75, 3.05) is 6.54 Å². The Hall–Kier alpha value is -0.0400. The molecule has 1 nitrogen and oxygen atoms in total. The molecule has 0 aromatic carbocycles. The van der Waals surface area contributed by atoms with Gasteiger partial charge in [-0.05, 0) is 37.1 Å². The molecule has 2 aliphatic carbocycles. The van der Waals surface area contributed by atoms with Crippen molar-refractivity contribution in [3.05, 3.63) is 0 Å². The SMILES string of the molecule is NCCC1CCCC(C2CCCC2)C1. The Morgan fingerprint density at radius 2 is 1.57 bits per heavy atom. The molecule has 1 heteroatoms. The van der Waals surface area contributed by atoms with E-state index in [1.807, 2.05) is 0 Å². The van der Waals surface area contributed by atoms with Crippen molar-refractivity contribution < 1.29 is 0 Å². The lowest BCUT2D eigenvalue weighted by Gasteiger charge is -2.32. The van der Waals surface area contributed by atoms with Crippen molar-refractivity contribution in [1.82, 2.24) is 0 Å². The van der Waals surface area contributed by atoms with Gasteiger partial charge in [-0.1, -0.05) is 44.9 Å². The first-order valence-electron chi connectivity index (χ1n) is 6.60. The summed E-state index contributed by atoms with van der Waals surface area (Å²) in [6.07, 6.45) is 13.3. The molecule has 2 unspecified atom stereocenters. The van der Waals surface area contributed by atoms with Crippen LogP contribution < -0.4 is 5.73 Å². The molecule has 0 aromatic rings. The maximum atomic E-state index is 5.66. The van der Waals surface area contributed by atoms with Gasteiger partial charge in [0.1, 0.15) is 0 Å². The van der Waals surface area contributed by atoms with Gasteiger partial charge in [-0.3, -0.25) is 0 Å². The second-order valence-electron chi connectivity index (χ2n) is 5.41. The average molecular weight is 195 g/mol. The van der Waals surface area contributed by atoms with Crippen LogP contribution in [-0.2, 0) is 0 Å². The molecule has 2 rings (SSSR count). The monoisotopic (exact) mass is 195 g/mol. The number of rotatable bonds is 3. The molecule has 0 spiro atoms. The Kier molecular flexibility index (Phi) is 3.86. The van der Waals surface area contributed by atoms with E-state index in [2.05, 4.69) is 0 Å². The molecular weight excluding hydrogens is 170 g/mol. The van der Waals surface area contributed by atoms with E-state index >= 15 is 0 Å². The van der Waals surface area contributed by atoms with Crippen LogP contribution in [0.5, 0.6) is 0 Å². The minimum Gasteiger partial charge on any atom is -0.330 e. The van der Waals surface area contributed by atoms with E-state index in [4.69, 9.17) is 5.73 Å². The largest absolute Gasteiger partial charge is 0.330 e. The molecule has 0 aliphatic heterocycles. The third-order valence-electron chi connectivity index (χ3n) is 4.46. The quantitative estimate of drug-likeness (QED) is 0.734. The zero-order valence-electron chi connectivity index (χ0n) is 9.38. The zero-order chi connectivity index (χ0) is 9.80. The van der Waals surface area contributed by atoms with Crippen LogP contribution in [0.1, 0.15) is 57.8 Å². The van der Waals surface area contributed by atoms with Crippen LogP contribution in [0.4, 0.5) is 0 Å². The molecule has 0 heterocycles. The van der Waals surface area contributed by atoms with Gasteiger partial charge in [0.15, 0.2) is 0 Å². The van der Waals surface area contributed by atoms with Crippen LogP contribution in [0.25, 0.3) is 0 Å². The number of nitrogens with two attached hydrogens (primary N) is 1. The van der Waals surface area contributed by atoms with Crippen LogP contribution in [0.15, 0.2) is 0 Å². The predicted molar refractivity (Wildman–Crippen MR) is 61.1 cm³/mol. The summed E-state index contributed by atoms with van der Waals surface area (Å²) in [5.74, 6) is 3.14. The standard InChI is InChI=1S/C13H25N/c14-9-8-11-4-3-7-13(10-11)12-5-1-2-6-12/h11-13H,1-10,14H2. The minimum atomic E-state index is 0.905. The van der Waals surface area contributed by atoms with E-state index in [0.717, 1.165) is 24.3 Å². The smallest absolute Gasteiger partial charge is 0.00746 e. The molecule has 82 valence electrons. The molecular formula is C13H25N. The lowest BCUT2D eigenvalue weighted by atomic mass is 9.73. The van der Waals surface area contributed by atoms with Crippen LogP contribution in [0.3, 0.4) is 0 Å². The Bertz CT molecular complexity index is 159. The van der Waals surface area contributed by atoms with Gasteiger partial charge in [-0.25, -0.2) is 0 Å². The van der Waals surface area contributed by atoms with Crippen molar-refractivity contribution in [2.24, 2.45) is 23.5 Å². The van der Waals surface area contributed by atoms with E-state index in [9.17, 15) is 0 Å². The highest BCUT2D eigenvalue weighted by molar-refractivity contribution is 4.81. The Morgan fingerprint density at radius 3 is 2.29 bits per heavy atom. The summed E-state index contributed by atoms with van der Waals surface area (Å²) in [4.78, 5) is 0. The van der Waals surface area contributed by atoms with Gasteiger partial charge in [0.2, 0.25) is 0 Å². The van der Waals surface area contributed by atoms with E-state index < -0.39 is 0 Å². The van der Waals surface area contributed by atoms with Gasteiger partial charge in [0.25, 0.3) is 0 Å². The lowest BCUT2D eigenvalue weighted by molar-refractivity contribution is 0.191. The van der Waals surface area contributed by atoms with Crippen LogP contribution >= 0.6 is 0 Å². The van der Waals surface area contributed by atoms with Crippen molar-refractivity contribution in [1.29, 1.82) is 0 Å². The number of hydrogen-bond acceptors (Lipinski definition) is 1. The zero-order valence-corrected chi connectivity index (χ0v) is 9.38. The molecule has 2 saturated carbocycles. The molecule has 0 aromatic heterocycles. The predicted octanol–water partition coefficient (Wildman–Crippen LogP) is 3.33. The first-order valence-corrected chi connectivity index (χ1v) is 6.60. The van der Waals surface area contributed by atoms with Gasteiger partial charge in [0, 0.05) is 0 Å². The maximum Gasteiger partial charge on any atom is -0.00746 e. The third-order valence-corrected chi connectivity index (χ3v) is 4.46. The Labute approximate surface area is 88.4 Å². The van der Waals surface area contributed by atoms with Crippen molar-refractivity contribution in [3.63, 3.8) is 0 Å². The summed E-state index contributed by atoms with van der Waals surface area (Å²) in [5.41, 5.74) is 5.66. The van der Waals surface area contributed by atoms with Crippen LogP contribution in [0.2, 0.25) is 0 Å². The summed E-state index contributed by atoms with van der Waals surface area (Å²) < 4.78 is 0. The van der Waals surface area contributed by atoms with Crippen molar-refractivity contribution >= 4 is 0 Å². The van der Waals surface area contributed by atoms with E-state index in [1.54, 1.807) is 0 Å². The summed E-state index contributed by atoms with van der Waals surface area (Å²) in [6, 6.07) is 0. The highest BCUT2D eigenvalue weighted by atomic mass is 14.5. The van der Waals surface area contributed by atoms with Crippen molar-refractivity contribution in [3.8, 4) is 0 Å². The minimum absolute atomic E-state index is 0.905. The van der Waals surface area contributed by atoms with Crippen molar-refractivity contribution in [2.45, 2.75) is 57.8 Å². The topological polar surface area (TPSA) is 26.0 Å². The van der Waals surface area contributed by atoms with Crippen LogP contribution in [0, 0.1) is 17.8 Å². The first-order chi connectivity index (χ1) is 6.90. The van der Waals surface area contributed by atoms with E-state index in [-0.39, 0.29) is 0 Å². The molecule has 0 saturated heterocycles. The molecule has 2 fully saturated rings. The highest BCUT2D eigenvalue weighted by Gasteiger charge is 2.29. The fourth-order valence-electron chi connectivity index (χ4n) is 3.69. The molecule has 2 atom stereocenters. The summed E-state index contributed by atoms with van der Waals surface area (Å²) in [7, 11) is 0. The van der Waals surface area contributed by atoms with Gasteiger partial charge in [-0.15, -0.1) is 0 Å². The fraction of sp³-hybridized carbons (Fsp3) is 1.00. The van der Waals surface area contributed by atoms with E-state index in [1.165, 1.54) is 57.8 Å². The van der Waals surface area contributed by atoms with Gasteiger partial charge in [0.05, 0.1) is 0 Å². The summed E-state index contributed by atoms with van der Waals surface area (Å²) in [5, 5.41) is 0. The maximum absolute atomic E-state index is 5.66. The second-order valence-corrected chi connectivity index (χ2v) is 5.41. The molecule has 14 heavy (non-hydrogen) atoms. The first kappa shape index (κ1) is 10.5. The lowest BCUT2D eigenvalue weighted by Crippen LogP contribution is -2.22. The van der Waals surface area contributed by atoms with Gasteiger partial charge in [-0.2, -0.15) is 0 Å². The molecule has 0 bridgehead atoms. The van der Waals surface area contributed by atoms with Gasteiger partial charge >= 0.3 is 0 Å². The second kappa shape index (κ2) is 5.16.